The Balaban J connectivity index is 2.67. The Bertz CT molecular complexity index is 666. The quantitative estimate of drug-likeness (QED) is 0.267. The second-order valence-corrected chi connectivity index (χ2v) is 5.87. The van der Waals surface area contributed by atoms with Gasteiger partial charge >= 0.3 is 11.9 Å². The van der Waals surface area contributed by atoms with E-state index in [4.69, 9.17) is 10.8 Å². The molecule has 0 fully saturated rings. The Morgan fingerprint density at radius 1 is 0.963 bits per heavy atom. The van der Waals surface area contributed by atoms with Crippen LogP contribution in [-0.2, 0) is 25.6 Å². The van der Waals surface area contributed by atoms with Gasteiger partial charge in [0.15, 0.2) is 0 Å². The van der Waals surface area contributed by atoms with Crippen molar-refractivity contribution in [3.8, 4) is 0 Å². The highest BCUT2D eigenvalue weighted by atomic mass is 16.4. The number of benzene rings is 1. The highest BCUT2D eigenvalue weighted by molar-refractivity contribution is 5.92. The van der Waals surface area contributed by atoms with Crippen LogP contribution in [0.15, 0.2) is 30.3 Å². The number of carboxylic acids is 2. The highest BCUT2D eigenvalue weighted by Crippen LogP contribution is 2.04. The molecule has 0 aliphatic rings. The summed E-state index contributed by atoms with van der Waals surface area (Å²) in [6.07, 6.45) is -0.457. The van der Waals surface area contributed by atoms with E-state index >= 15 is 0 Å². The first-order valence-electron chi connectivity index (χ1n) is 8.20. The summed E-state index contributed by atoms with van der Waals surface area (Å²) < 4.78 is 0. The summed E-state index contributed by atoms with van der Waals surface area (Å²) in [6, 6.07) is 4.78. The molecule has 0 bridgehead atoms. The van der Waals surface area contributed by atoms with E-state index in [1.807, 2.05) is 0 Å². The fourth-order valence-electron chi connectivity index (χ4n) is 2.21. The van der Waals surface area contributed by atoms with E-state index < -0.39 is 48.5 Å². The molecule has 27 heavy (non-hydrogen) atoms. The van der Waals surface area contributed by atoms with Crippen molar-refractivity contribution in [2.45, 2.75) is 37.4 Å². The minimum Gasteiger partial charge on any atom is -0.481 e. The molecule has 10 heteroatoms. The molecule has 0 spiro atoms. The first kappa shape index (κ1) is 22.1. The molecule has 2 amide bonds. The lowest BCUT2D eigenvalue weighted by atomic mass is 10.1. The van der Waals surface area contributed by atoms with Gasteiger partial charge in [0, 0.05) is 12.8 Å². The molecule has 0 saturated carbocycles. The molecule has 0 aromatic heterocycles. The van der Waals surface area contributed by atoms with Crippen LogP contribution in [0, 0.1) is 0 Å². The average molecular weight is 381 g/mol. The minimum absolute atomic E-state index is 0.0200. The minimum atomic E-state index is -1.41. The Kier molecular flexibility index (Phi) is 8.90. The Morgan fingerprint density at radius 3 is 2.07 bits per heavy atom. The highest BCUT2D eigenvalue weighted by Gasteiger charge is 2.27. The van der Waals surface area contributed by atoms with Crippen molar-refractivity contribution in [3.63, 3.8) is 0 Å². The fraction of sp³-hybridized carbons (Fsp3) is 0.412. The van der Waals surface area contributed by atoms with E-state index in [0.29, 0.717) is 5.56 Å². The van der Waals surface area contributed by atoms with Crippen molar-refractivity contribution in [1.82, 2.24) is 10.6 Å². The molecule has 0 heterocycles. The third kappa shape index (κ3) is 7.84. The molecular weight excluding hydrogens is 358 g/mol. The van der Waals surface area contributed by atoms with Gasteiger partial charge in [0.25, 0.3) is 0 Å². The Morgan fingerprint density at radius 2 is 1.56 bits per heavy atom. The van der Waals surface area contributed by atoms with Crippen LogP contribution >= 0.6 is 0 Å². The summed E-state index contributed by atoms with van der Waals surface area (Å²) in [5.74, 6) is -4.10. The molecule has 1 aromatic rings. The van der Waals surface area contributed by atoms with Crippen molar-refractivity contribution in [2.75, 3.05) is 6.61 Å². The molecule has 0 aliphatic carbocycles. The molecule has 10 nitrogen and oxygen atoms in total. The average Bonchev–Trinajstić information content (AvgIpc) is 2.63. The second-order valence-electron chi connectivity index (χ2n) is 5.87. The van der Waals surface area contributed by atoms with Crippen LogP contribution in [0.5, 0.6) is 0 Å². The maximum absolute atomic E-state index is 12.2. The Hall–Kier alpha value is -2.98. The van der Waals surface area contributed by atoms with Crippen LogP contribution < -0.4 is 16.4 Å². The monoisotopic (exact) mass is 381 g/mol. The maximum atomic E-state index is 12.2. The fourth-order valence-corrected chi connectivity index (χ4v) is 2.21. The predicted octanol–water partition coefficient (Wildman–Crippen LogP) is -1.53. The van der Waals surface area contributed by atoms with Crippen LogP contribution in [0.4, 0.5) is 0 Å². The van der Waals surface area contributed by atoms with Gasteiger partial charge in [-0.05, 0) is 12.0 Å². The molecule has 7 N–H and O–H groups in total. The Labute approximate surface area is 155 Å². The molecule has 1 aromatic carbocycles. The van der Waals surface area contributed by atoms with Crippen molar-refractivity contribution >= 4 is 23.8 Å². The van der Waals surface area contributed by atoms with Gasteiger partial charge in [-0.3, -0.25) is 14.4 Å². The van der Waals surface area contributed by atoms with E-state index in [1.165, 1.54) is 0 Å². The van der Waals surface area contributed by atoms with Crippen LogP contribution in [0.3, 0.4) is 0 Å². The van der Waals surface area contributed by atoms with E-state index in [-0.39, 0.29) is 19.3 Å². The first-order valence-corrected chi connectivity index (χ1v) is 8.20. The van der Waals surface area contributed by atoms with Gasteiger partial charge in [-0.2, -0.15) is 0 Å². The number of carbonyl (C=O) groups is 4. The summed E-state index contributed by atoms with van der Waals surface area (Å²) in [6.45, 7) is -0.777. The predicted molar refractivity (Wildman–Crippen MR) is 93.6 cm³/mol. The normalized spacial score (nSPS) is 13.9. The smallest absolute Gasteiger partial charge is 0.326 e. The summed E-state index contributed by atoms with van der Waals surface area (Å²) in [5, 5.41) is 31.7. The molecule has 0 aliphatic heterocycles. The van der Waals surface area contributed by atoms with Crippen LogP contribution in [0.2, 0.25) is 0 Å². The van der Waals surface area contributed by atoms with Gasteiger partial charge in [0.05, 0.1) is 12.6 Å². The van der Waals surface area contributed by atoms with Crippen molar-refractivity contribution in [2.24, 2.45) is 5.73 Å². The summed E-state index contributed by atoms with van der Waals surface area (Å²) in [7, 11) is 0. The van der Waals surface area contributed by atoms with Gasteiger partial charge in [-0.25, -0.2) is 4.79 Å². The number of amides is 2. The van der Waals surface area contributed by atoms with E-state index in [9.17, 15) is 29.4 Å². The largest absolute Gasteiger partial charge is 0.481 e. The molecule has 0 radical (unpaired) electrons. The van der Waals surface area contributed by atoms with Crippen LogP contribution in [-0.4, -0.2) is 63.8 Å². The topological polar surface area (TPSA) is 179 Å². The van der Waals surface area contributed by atoms with Crippen molar-refractivity contribution in [3.05, 3.63) is 35.9 Å². The lowest BCUT2D eigenvalue weighted by Gasteiger charge is -2.21. The number of aliphatic carboxylic acids is 2. The number of hydrogen-bond acceptors (Lipinski definition) is 6. The standard InChI is InChI=1S/C17H23N3O7/c18-11(6-7-14(22)23)15(24)20-13(9-21)16(25)19-12(17(26)27)8-10-4-2-1-3-5-10/h1-5,11-13,21H,6-9,18H2,(H,19,25)(H,20,24)(H,22,23)(H,26,27). The number of carboxylic acid groups (broad SMARTS) is 2. The van der Waals surface area contributed by atoms with Crippen molar-refractivity contribution in [1.29, 1.82) is 0 Å². The number of aliphatic hydroxyl groups is 1. The molecule has 1 rings (SSSR count). The SMILES string of the molecule is NC(CCC(=O)O)C(=O)NC(CO)C(=O)NC(Cc1ccccc1)C(=O)O. The number of rotatable bonds is 11. The number of aliphatic hydroxyl groups excluding tert-OH is 1. The van der Waals surface area contributed by atoms with Gasteiger partial charge < -0.3 is 31.7 Å². The zero-order valence-corrected chi connectivity index (χ0v) is 14.5. The lowest BCUT2D eigenvalue weighted by Crippen LogP contribution is -2.56. The van der Waals surface area contributed by atoms with Gasteiger partial charge in [-0.15, -0.1) is 0 Å². The third-order valence-corrected chi connectivity index (χ3v) is 3.72. The molecule has 3 unspecified atom stereocenters. The third-order valence-electron chi connectivity index (χ3n) is 3.72. The van der Waals surface area contributed by atoms with Gasteiger partial charge in [-0.1, -0.05) is 30.3 Å². The summed E-state index contributed by atoms with van der Waals surface area (Å²) in [5.41, 5.74) is 6.22. The molecule has 148 valence electrons. The molecular formula is C17H23N3O7. The number of nitrogens with one attached hydrogen (secondary N) is 2. The molecule has 3 atom stereocenters. The van der Waals surface area contributed by atoms with Crippen LogP contribution in [0.25, 0.3) is 0 Å². The van der Waals surface area contributed by atoms with Crippen LogP contribution in [0.1, 0.15) is 18.4 Å². The van der Waals surface area contributed by atoms with E-state index in [0.717, 1.165) is 0 Å². The van der Waals surface area contributed by atoms with Gasteiger partial charge in [0.1, 0.15) is 12.1 Å². The zero-order chi connectivity index (χ0) is 20.4. The summed E-state index contributed by atoms with van der Waals surface area (Å²) in [4.78, 5) is 46.0. The molecule has 0 saturated heterocycles. The zero-order valence-electron chi connectivity index (χ0n) is 14.5. The lowest BCUT2D eigenvalue weighted by molar-refractivity contribution is -0.142. The summed E-state index contributed by atoms with van der Waals surface area (Å²) >= 11 is 0. The second kappa shape index (κ2) is 10.9. The van der Waals surface area contributed by atoms with Crippen molar-refractivity contribution < 1.29 is 34.5 Å². The first-order chi connectivity index (χ1) is 12.7. The van der Waals surface area contributed by atoms with E-state index in [2.05, 4.69) is 10.6 Å². The number of nitrogens with two attached hydrogens (primary N) is 1. The number of carbonyl (C=O) groups excluding carboxylic acids is 2. The number of hydrogen-bond donors (Lipinski definition) is 6. The maximum Gasteiger partial charge on any atom is 0.326 e. The van der Waals surface area contributed by atoms with Gasteiger partial charge in [0.2, 0.25) is 11.8 Å². The van der Waals surface area contributed by atoms with E-state index in [1.54, 1.807) is 30.3 Å².